The normalized spacial score (nSPS) is 23.9. The van der Waals surface area contributed by atoms with Gasteiger partial charge in [-0.1, -0.05) is 18.2 Å². The first-order valence-corrected chi connectivity index (χ1v) is 8.45. The van der Waals surface area contributed by atoms with Crippen LogP contribution in [-0.4, -0.2) is 64.9 Å². The number of hydrogen-bond donors (Lipinski definition) is 1. The first-order chi connectivity index (χ1) is 10.1. The van der Waals surface area contributed by atoms with E-state index in [1.165, 1.54) is 10.5 Å². The highest BCUT2D eigenvalue weighted by Crippen LogP contribution is 2.37. The fourth-order valence-corrected chi connectivity index (χ4v) is 4.33. The number of nitrogens with zero attached hydrogens (tertiary/aromatic N) is 2. The van der Waals surface area contributed by atoms with E-state index in [1.54, 1.807) is 11.8 Å². The van der Waals surface area contributed by atoms with Gasteiger partial charge in [-0.2, -0.15) is 0 Å². The summed E-state index contributed by atoms with van der Waals surface area (Å²) in [6.45, 7) is 5.79. The average Bonchev–Trinajstić information content (AvgIpc) is 2.90. The summed E-state index contributed by atoms with van der Waals surface area (Å²) >= 11 is 1.70. The highest BCUT2D eigenvalue weighted by Gasteiger charge is 2.32. The molecule has 5 heteroatoms. The summed E-state index contributed by atoms with van der Waals surface area (Å²) in [5, 5.41) is 9.47. The molecule has 2 atom stereocenters. The molecule has 3 rings (SSSR count). The molecule has 2 aliphatic heterocycles. The molecule has 2 heterocycles. The smallest absolute Gasteiger partial charge is 0.236 e. The number of benzene rings is 1. The van der Waals surface area contributed by atoms with Crippen LogP contribution in [0, 0.1) is 0 Å². The maximum absolute atomic E-state index is 12.6. The van der Waals surface area contributed by atoms with Gasteiger partial charge in [0, 0.05) is 37.6 Å². The molecular weight excluding hydrogens is 284 g/mol. The van der Waals surface area contributed by atoms with Crippen LogP contribution in [0.2, 0.25) is 0 Å². The Balaban J connectivity index is 1.54. The third kappa shape index (κ3) is 3.42. The first-order valence-electron chi connectivity index (χ1n) is 7.57. The minimum absolute atomic E-state index is 0.0470. The number of thioether (sulfide) groups is 1. The number of piperazine rings is 1. The molecule has 0 aromatic heterocycles. The lowest BCUT2D eigenvalue weighted by molar-refractivity contribution is -0.132. The fraction of sp³-hybridized carbons (Fsp3) is 0.562. The van der Waals surface area contributed by atoms with E-state index >= 15 is 0 Å². The Morgan fingerprint density at radius 1 is 1.33 bits per heavy atom. The van der Waals surface area contributed by atoms with E-state index in [1.807, 2.05) is 24.0 Å². The van der Waals surface area contributed by atoms with Gasteiger partial charge in [0.05, 0.1) is 11.4 Å². The van der Waals surface area contributed by atoms with Crippen LogP contribution < -0.4 is 0 Å². The van der Waals surface area contributed by atoms with Gasteiger partial charge in [0.15, 0.2) is 0 Å². The van der Waals surface area contributed by atoms with Gasteiger partial charge in [-0.25, -0.2) is 0 Å². The molecule has 4 nitrogen and oxygen atoms in total. The minimum Gasteiger partial charge on any atom is -0.392 e. The molecule has 1 aromatic rings. The van der Waals surface area contributed by atoms with Gasteiger partial charge in [-0.15, -0.1) is 11.8 Å². The Labute approximate surface area is 130 Å². The van der Waals surface area contributed by atoms with E-state index < -0.39 is 0 Å². The van der Waals surface area contributed by atoms with Crippen molar-refractivity contribution in [1.29, 1.82) is 0 Å². The van der Waals surface area contributed by atoms with Crippen LogP contribution in [0.3, 0.4) is 0 Å². The number of aliphatic hydroxyl groups is 1. The Hall–Kier alpha value is -1.04. The van der Waals surface area contributed by atoms with Crippen molar-refractivity contribution in [2.24, 2.45) is 0 Å². The summed E-state index contributed by atoms with van der Waals surface area (Å²) in [6.07, 6.45) is 0.556. The summed E-state index contributed by atoms with van der Waals surface area (Å²) in [5.74, 6) is 0.271. The lowest BCUT2D eigenvalue weighted by atomic mass is 10.1. The van der Waals surface area contributed by atoms with Crippen molar-refractivity contribution < 1.29 is 9.90 Å². The van der Waals surface area contributed by atoms with Gasteiger partial charge in [0.25, 0.3) is 0 Å². The summed E-state index contributed by atoms with van der Waals surface area (Å²) in [7, 11) is 0. The summed E-state index contributed by atoms with van der Waals surface area (Å²) < 4.78 is 0. The number of carbonyl (C=O) groups excluding carboxylic acids is 1. The molecule has 0 unspecified atom stereocenters. The molecule has 1 fully saturated rings. The van der Waals surface area contributed by atoms with Crippen LogP contribution in [0.4, 0.5) is 0 Å². The van der Waals surface area contributed by atoms with Crippen molar-refractivity contribution in [1.82, 2.24) is 9.80 Å². The van der Waals surface area contributed by atoms with E-state index in [2.05, 4.69) is 17.0 Å². The zero-order chi connectivity index (χ0) is 14.8. The number of amides is 1. The zero-order valence-electron chi connectivity index (χ0n) is 12.4. The monoisotopic (exact) mass is 306 g/mol. The van der Waals surface area contributed by atoms with Crippen LogP contribution in [0.1, 0.15) is 12.5 Å². The molecule has 1 amide bonds. The van der Waals surface area contributed by atoms with Crippen molar-refractivity contribution in [3.8, 4) is 0 Å². The lowest BCUT2D eigenvalue weighted by Crippen LogP contribution is -2.52. The Morgan fingerprint density at radius 3 is 2.71 bits per heavy atom. The molecule has 21 heavy (non-hydrogen) atoms. The molecule has 0 spiro atoms. The summed E-state index contributed by atoms with van der Waals surface area (Å²) in [5.41, 5.74) is 1.30. The fourth-order valence-electron chi connectivity index (χ4n) is 3.05. The van der Waals surface area contributed by atoms with Crippen molar-refractivity contribution >= 4 is 17.7 Å². The quantitative estimate of drug-likeness (QED) is 0.912. The van der Waals surface area contributed by atoms with Gasteiger partial charge in [-0.3, -0.25) is 9.69 Å². The number of fused-ring (bicyclic) bond motifs is 1. The number of rotatable bonds is 3. The maximum Gasteiger partial charge on any atom is 0.236 e. The van der Waals surface area contributed by atoms with Crippen molar-refractivity contribution in [2.75, 3.05) is 32.7 Å². The average molecular weight is 306 g/mol. The van der Waals surface area contributed by atoms with Crippen LogP contribution in [0.15, 0.2) is 29.2 Å². The molecule has 1 N–H and O–H groups in total. The Morgan fingerprint density at radius 2 is 2.05 bits per heavy atom. The minimum atomic E-state index is -0.299. The molecule has 0 bridgehead atoms. The second-order valence-corrected chi connectivity index (χ2v) is 7.14. The highest BCUT2D eigenvalue weighted by atomic mass is 32.2. The summed E-state index contributed by atoms with van der Waals surface area (Å²) in [6, 6.07) is 8.30. The van der Waals surface area contributed by atoms with Crippen molar-refractivity contribution in [3.05, 3.63) is 29.8 Å². The second-order valence-electron chi connectivity index (χ2n) is 5.89. The third-order valence-corrected chi connectivity index (χ3v) is 5.43. The van der Waals surface area contributed by atoms with E-state index in [9.17, 15) is 9.90 Å². The van der Waals surface area contributed by atoms with Gasteiger partial charge < -0.3 is 10.0 Å². The van der Waals surface area contributed by atoms with Gasteiger partial charge in [0.2, 0.25) is 5.91 Å². The van der Waals surface area contributed by atoms with Crippen molar-refractivity contribution in [2.45, 2.75) is 29.6 Å². The van der Waals surface area contributed by atoms with Gasteiger partial charge in [-0.05, 0) is 25.0 Å². The number of carbonyl (C=O) groups is 1. The zero-order valence-corrected chi connectivity index (χ0v) is 13.2. The van der Waals surface area contributed by atoms with Gasteiger partial charge in [0.1, 0.15) is 0 Å². The van der Waals surface area contributed by atoms with Crippen LogP contribution in [-0.2, 0) is 11.2 Å². The second kappa shape index (κ2) is 6.38. The van der Waals surface area contributed by atoms with E-state index in [4.69, 9.17) is 0 Å². The molecule has 2 aliphatic rings. The first kappa shape index (κ1) is 14.9. The standard InChI is InChI=1S/C16H22N2O2S/c1-12(19)11-17-6-8-18(9-7-17)16(20)15-10-13-4-2-3-5-14(13)21-15/h2-5,12,15,19H,6-11H2,1H3/t12-,15+/m0/s1. The molecule has 0 saturated carbocycles. The molecule has 114 valence electrons. The number of hydrogen-bond acceptors (Lipinski definition) is 4. The Kier molecular flexibility index (Phi) is 4.52. The molecule has 1 saturated heterocycles. The topological polar surface area (TPSA) is 43.8 Å². The lowest BCUT2D eigenvalue weighted by Gasteiger charge is -2.36. The van der Waals surface area contributed by atoms with Crippen molar-refractivity contribution in [3.63, 3.8) is 0 Å². The van der Waals surface area contributed by atoms with E-state index in [0.29, 0.717) is 6.54 Å². The summed E-state index contributed by atoms with van der Waals surface area (Å²) in [4.78, 5) is 18.1. The molecule has 0 radical (unpaired) electrons. The van der Waals surface area contributed by atoms with Gasteiger partial charge >= 0.3 is 0 Å². The van der Waals surface area contributed by atoms with E-state index in [0.717, 1.165) is 32.6 Å². The van der Waals surface area contributed by atoms with E-state index in [-0.39, 0.29) is 17.3 Å². The predicted octanol–water partition coefficient (Wildman–Crippen LogP) is 1.23. The van der Waals surface area contributed by atoms with Crippen LogP contribution in [0.5, 0.6) is 0 Å². The van der Waals surface area contributed by atoms with Crippen LogP contribution in [0.25, 0.3) is 0 Å². The SMILES string of the molecule is C[C@H](O)CN1CCN(C(=O)[C@H]2Cc3ccccc3S2)CC1. The number of β-amino-alcohol motifs (C(OH)–C–C–N with tert-alkyl or cyclic N) is 1. The predicted molar refractivity (Wildman–Crippen MR) is 84.5 cm³/mol. The molecule has 0 aliphatic carbocycles. The van der Waals surface area contributed by atoms with Crippen LogP contribution >= 0.6 is 11.8 Å². The Bertz CT molecular complexity index is 488. The highest BCUT2D eigenvalue weighted by molar-refractivity contribution is 8.01. The largest absolute Gasteiger partial charge is 0.392 e. The molecule has 1 aromatic carbocycles. The maximum atomic E-state index is 12.6. The third-order valence-electron chi connectivity index (χ3n) is 4.13. The number of aliphatic hydroxyl groups excluding tert-OH is 1. The molecular formula is C16H22N2O2S.